The van der Waals surface area contributed by atoms with E-state index in [4.69, 9.17) is 0 Å². The van der Waals surface area contributed by atoms with Crippen molar-refractivity contribution >= 4 is 17.6 Å². The Hall–Kier alpha value is -0.630. The standard InChI is InChI=1S/C10H12OS/c11-6-5-9(8-3-4-8)10-2-1-7-12-10/h1-2,6-9H,3-5H2. The molecule has 1 aromatic heterocycles. The third-order valence-corrected chi connectivity index (χ3v) is 3.45. The first-order chi connectivity index (χ1) is 5.92. The van der Waals surface area contributed by atoms with E-state index in [0.717, 1.165) is 12.2 Å². The van der Waals surface area contributed by atoms with Crippen molar-refractivity contribution in [1.82, 2.24) is 0 Å². The average molecular weight is 180 g/mol. The lowest BCUT2D eigenvalue weighted by Gasteiger charge is -2.09. The number of thiophene rings is 1. The van der Waals surface area contributed by atoms with Gasteiger partial charge >= 0.3 is 0 Å². The number of hydrogen-bond donors (Lipinski definition) is 0. The smallest absolute Gasteiger partial charge is 0.120 e. The molecule has 64 valence electrons. The number of carbonyl (C=O) groups is 1. The Balaban J connectivity index is 2.10. The molecule has 1 saturated carbocycles. The molecule has 12 heavy (non-hydrogen) atoms. The van der Waals surface area contributed by atoms with Crippen LogP contribution in [0.3, 0.4) is 0 Å². The topological polar surface area (TPSA) is 17.1 Å². The molecule has 0 amide bonds. The lowest BCUT2D eigenvalue weighted by Crippen LogP contribution is -1.99. The van der Waals surface area contributed by atoms with Crippen LogP contribution in [0.5, 0.6) is 0 Å². The monoisotopic (exact) mass is 180 g/mol. The fourth-order valence-electron chi connectivity index (χ4n) is 1.65. The maximum absolute atomic E-state index is 10.4. The van der Waals surface area contributed by atoms with Gasteiger partial charge in [0, 0.05) is 17.2 Å². The summed E-state index contributed by atoms with van der Waals surface area (Å²) in [5.74, 6) is 1.33. The van der Waals surface area contributed by atoms with Crippen LogP contribution < -0.4 is 0 Å². The molecule has 2 rings (SSSR count). The molecule has 1 heterocycles. The highest BCUT2D eigenvalue weighted by Crippen LogP contribution is 2.45. The van der Waals surface area contributed by atoms with Crippen molar-refractivity contribution in [2.24, 2.45) is 5.92 Å². The van der Waals surface area contributed by atoms with Gasteiger partial charge in [0.1, 0.15) is 6.29 Å². The van der Waals surface area contributed by atoms with E-state index in [1.807, 2.05) is 0 Å². The van der Waals surface area contributed by atoms with Crippen LogP contribution in [0.1, 0.15) is 30.1 Å². The minimum Gasteiger partial charge on any atom is -0.303 e. The first kappa shape index (κ1) is 7.99. The number of rotatable bonds is 4. The summed E-state index contributed by atoms with van der Waals surface area (Å²) < 4.78 is 0. The Morgan fingerprint density at radius 1 is 1.67 bits per heavy atom. The van der Waals surface area contributed by atoms with Gasteiger partial charge in [-0.05, 0) is 30.2 Å². The zero-order valence-electron chi connectivity index (χ0n) is 6.90. The lowest BCUT2D eigenvalue weighted by atomic mass is 9.99. The second-order valence-corrected chi connectivity index (χ2v) is 4.34. The Morgan fingerprint density at radius 2 is 2.50 bits per heavy atom. The van der Waals surface area contributed by atoms with Crippen LogP contribution in [0, 0.1) is 5.92 Å². The highest BCUT2D eigenvalue weighted by Gasteiger charge is 2.32. The Labute approximate surface area is 76.4 Å². The highest BCUT2D eigenvalue weighted by molar-refractivity contribution is 7.10. The first-order valence-corrected chi connectivity index (χ1v) is 5.27. The van der Waals surface area contributed by atoms with E-state index in [2.05, 4.69) is 17.5 Å². The van der Waals surface area contributed by atoms with Crippen LogP contribution in [0.2, 0.25) is 0 Å². The summed E-state index contributed by atoms with van der Waals surface area (Å²) in [6.45, 7) is 0. The van der Waals surface area contributed by atoms with Gasteiger partial charge in [0.15, 0.2) is 0 Å². The van der Waals surface area contributed by atoms with Crippen LogP contribution in [-0.2, 0) is 4.79 Å². The summed E-state index contributed by atoms with van der Waals surface area (Å²) in [5.41, 5.74) is 0. The van der Waals surface area contributed by atoms with Gasteiger partial charge in [-0.2, -0.15) is 0 Å². The molecule has 1 aromatic rings. The summed E-state index contributed by atoms with van der Waals surface area (Å²) in [5, 5.41) is 2.09. The largest absolute Gasteiger partial charge is 0.303 e. The predicted molar refractivity (Wildman–Crippen MR) is 50.5 cm³/mol. The maximum Gasteiger partial charge on any atom is 0.120 e. The van der Waals surface area contributed by atoms with E-state index in [1.165, 1.54) is 17.7 Å². The molecule has 1 nitrogen and oxygen atoms in total. The molecule has 1 fully saturated rings. The fourth-order valence-corrected chi connectivity index (χ4v) is 2.58. The second-order valence-electron chi connectivity index (χ2n) is 3.36. The second kappa shape index (κ2) is 3.40. The number of carbonyl (C=O) groups excluding carboxylic acids is 1. The van der Waals surface area contributed by atoms with Gasteiger partial charge in [0.05, 0.1) is 0 Å². The summed E-state index contributed by atoms with van der Waals surface area (Å²) in [7, 11) is 0. The van der Waals surface area contributed by atoms with E-state index in [1.54, 1.807) is 11.3 Å². The van der Waals surface area contributed by atoms with Crippen LogP contribution in [0.25, 0.3) is 0 Å². The zero-order chi connectivity index (χ0) is 8.39. The molecule has 0 radical (unpaired) electrons. The van der Waals surface area contributed by atoms with Crippen LogP contribution in [0.15, 0.2) is 17.5 Å². The van der Waals surface area contributed by atoms with Crippen molar-refractivity contribution in [2.45, 2.75) is 25.2 Å². The molecule has 0 N–H and O–H groups in total. The van der Waals surface area contributed by atoms with Gasteiger partial charge in [-0.25, -0.2) is 0 Å². The van der Waals surface area contributed by atoms with Gasteiger partial charge in [0.25, 0.3) is 0 Å². The first-order valence-electron chi connectivity index (χ1n) is 4.39. The van der Waals surface area contributed by atoms with E-state index < -0.39 is 0 Å². The average Bonchev–Trinajstić information content (AvgIpc) is 2.77. The van der Waals surface area contributed by atoms with Crippen molar-refractivity contribution < 1.29 is 4.79 Å². The quantitative estimate of drug-likeness (QED) is 0.651. The van der Waals surface area contributed by atoms with Gasteiger partial charge < -0.3 is 4.79 Å². The van der Waals surface area contributed by atoms with E-state index in [9.17, 15) is 4.79 Å². The van der Waals surface area contributed by atoms with E-state index in [0.29, 0.717) is 12.3 Å². The van der Waals surface area contributed by atoms with Gasteiger partial charge in [-0.1, -0.05) is 6.07 Å². The van der Waals surface area contributed by atoms with Gasteiger partial charge in [-0.15, -0.1) is 11.3 Å². The fraction of sp³-hybridized carbons (Fsp3) is 0.500. The zero-order valence-corrected chi connectivity index (χ0v) is 7.72. The predicted octanol–water partition coefficient (Wildman–Crippen LogP) is 2.83. The third-order valence-electron chi connectivity index (χ3n) is 2.45. The summed E-state index contributed by atoms with van der Waals surface area (Å²) in [6.07, 6.45) is 4.40. The van der Waals surface area contributed by atoms with Crippen molar-refractivity contribution in [2.75, 3.05) is 0 Å². The molecule has 1 aliphatic rings. The molecule has 1 unspecified atom stereocenters. The molecular weight excluding hydrogens is 168 g/mol. The van der Waals surface area contributed by atoms with E-state index >= 15 is 0 Å². The molecular formula is C10H12OS. The van der Waals surface area contributed by atoms with Gasteiger partial charge in [0.2, 0.25) is 0 Å². The van der Waals surface area contributed by atoms with Crippen molar-refractivity contribution in [3.05, 3.63) is 22.4 Å². The maximum atomic E-state index is 10.4. The number of aldehydes is 1. The normalized spacial score (nSPS) is 19.0. The number of hydrogen-bond acceptors (Lipinski definition) is 2. The van der Waals surface area contributed by atoms with Crippen LogP contribution in [-0.4, -0.2) is 6.29 Å². The molecule has 0 aromatic carbocycles. The molecule has 0 spiro atoms. The Bertz CT molecular complexity index is 249. The molecule has 0 aliphatic heterocycles. The van der Waals surface area contributed by atoms with Crippen LogP contribution in [0.4, 0.5) is 0 Å². The van der Waals surface area contributed by atoms with Gasteiger partial charge in [-0.3, -0.25) is 0 Å². The molecule has 2 heteroatoms. The minimum absolute atomic E-state index is 0.530. The summed E-state index contributed by atoms with van der Waals surface area (Å²) >= 11 is 1.78. The Kier molecular flexibility index (Phi) is 2.26. The van der Waals surface area contributed by atoms with E-state index in [-0.39, 0.29) is 0 Å². The van der Waals surface area contributed by atoms with Crippen molar-refractivity contribution in [3.8, 4) is 0 Å². The lowest BCUT2D eigenvalue weighted by molar-refractivity contribution is -0.108. The highest BCUT2D eigenvalue weighted by atomic mass is 32.1. The molecule has 0 saturated heterocycles. The van der Waals surface area contributed by atoms with Crippen molar-refractivity contribution in [1.29, 1.82) is 0 Å². The van der Waals surface area contributed by atoms with Crippen LogP contribution >= 0.6 is 11.3 Å². The molecule has 1 atom stereocenters. The SMILES string of the molecule is O=CCC(c1cccs1)C1CC1. The molecule has 1 aliphatic carbocycles. The molecule has 0 bridgehead atoms. The minimum atomic E-state index is 0.530. The Morgan fingerprint density at radius 3 is 3.00 bits per heavy atom. The van der Waals surface area contributed by atoms with Crippen molar-refractivity contribution in [3.63, 3.8) is 0 Å². The summed E-state index contributed by atoms with van der Waals surface area (Å²) in [6, 6.07) is 4.22. The summed E-state index contributed by atoms with van der Waals surface area (Å²) in [4.78, 5) is 11.8. The third kappa shape index (κ3) is 1.58.